The van der Waals surface area contributed by atoms with Gasteiger partial charge in [0.25, 0.3) is 0 Å². The summed E-state index contributed by atoms with van der Waals surface area (Å²) in [5.41, 5.74) is 1.51. The van der Waals surface area contributed by atoms with Crippen LogP contribution in [0, 0.1) is 17.3 Å². The molecule has 2 N–H and O–H groups in total. The van der Waals surface area contributed by atoms with Gasteiger partial charge in [-0.05, 0) is 30.5 Å². The maximum atomic E-state index is 12.8. The Labute approximate surface area is 164 Å². The topological polar surface area (TPSA) is 76.6 Å². The quantitative estimate of drug-likeness (QED) is 0.854. The van der Waals surface area contributed by atoms with E-state index in [-0.39, 0.29) is 17.7 Å². The molecule has 0 radical (unpaired) electrons. The van der Waals surface area contributed by atoms with Crippen LogP contribution in [0.1, 0.15) is 31.2 Å². The third-order valence-corrected chi connectivity index (χ3v) is 7.20. The van der Waals surface area contributed by atoms with E-state index in [0.717, 1.165) is 44.3 Å². The first-order valence-corrected chi connectivity index (χ1v) is 10.4. The number of aliphatic carboxylic acids is 1. The molecule has 5 rings (SSSR count). The van der Waals surface area contributed by atoms with Gasteiger partial charge in [-0.15, -0.1) is 0 Å². The molecule has 2 atom stereocenters. The predicted octanol–water partition coefficient (Wildman–Crippen LogP) is 2.70. The van der Waals surface area contributed by atoms with Gasteiger partial charge in [0.05, 0.1) is 0 Å². The molecule has 0 spiro atoms. The number of carbonyl (C=O) groups excluding carboxylic acids is 1. The number of likely N-dealkylation sites (tertiary alicyclic amines) is 2. The Bertz CT molecular complexity index is 917. The zero-order valence-corrected chi connectivity index (χ0v) is 16.1. The fraction of sp³-hybridized carbons (Fsp3) is 0.545. The first-order chi connectivity index (χ1) is 13.6. The number of nitrogens with one attached hydrogen (secondary N) is 1. The minimum absolute atomic E-state index is 0.0146. The number of benzene rings is 1. The molecule has 2 saturated heterocycles. The maximum Gasteiger partial charge on any atom is 0.313 e. The molecule has 28 heavy (non-hydrogen) atoms. The lowest BCUT2D eigenvalue weighted by Gasteiger charge is -2.27. The van der Waals surface area contributed by atoms with Gasteiger partial charge in [-0.2, -0.15) is 0 Å². The monoisotopic (exact) mass is 381 g/mol. The number of amides is 1. The molecule has 1 saturated carbocycles. The molecular formula is C22H27N3O3. The molecule has 6 heteroatoms. The Morgan fingerprint density at radius 3 is 2.71 bits per heavy atom. The smallest absolute Gasteiger partial charge is 0.313 e. The van der Waals surface area contributed by atoms with Gasteiger partial charge in [-0.25, -0.2) is 0 Å². The number of aromatic nitrogens is 1. The molecule has 3 aliphatic rings. The highest BCUT2D eigenvalue weighted by Crippen LogP contribution is 2.44. The van der Waals surface area contributed by atoms with Crippen molar-refractivity contribution in [3.05, 3.63) is 36.0 Å². The summed E-state index contributed by atoms with van der Waals surface area (Å²) < 4.78 is 0. The number of nitrogens with zero attached hydrogens (tertiary/aromatic N) is 2. The minimum atomic E-state index is -0.819. The molecule has 1 amide bonds. The molecule has 6 nitrogen and oxygen atoms in total. The molecule has 0 bridgehead atoms. The Morgan fingerprint density at radius 2 is 1.96 bits per heavy atom. The average Bonchev–Trinajstić information content (AvgIpc) is 3.43. The first kappa shape index (κ1) is 17.7. The molecule has 2 aromatic rings. The highest BCUT2D eigenvalue weighted by atomic mass is 16.4. The fourth-order valence-electron chi connectivity index (χ4n) is 5.72. The summed E-state index contributed by atoms with van der Waals surface area (Å²) in [6, 6.07) is 8.30. The van der Waals surface area contributed by atoms with Gasteiger partial charge in [0.15, 0.2) is 0 Å². The third-order valence-electron chi connectivity index (χ3n) is 7.20. The van der Waals surface area contributed by atoms with Gasteiger partial charge in [-0.3, -0.25) is 14.5 Å². The Kier molecular flexibility index (Phi) is 4.19. The van der Waals surface area contributed by atoms with Crippen LogP contribution in [0.4, 0.5) is 0 Å². The van der Waals surface area contributed by atoms with Crippen molar-refractivity contribution in [1.29, 1.82) is 0 Å². The number of rotatable bonds is 4. The number of carbonyl (C=O) groups is 2. The number of H-pyrrole nitrogens is 1. The van der Waals surface area contributed by atoms with E-state index < -0.39 is 11.4 Å². The fourth-order valence-corrected chi connectivity index (χ4v) is 5.72. The summed E-state index contributed by atoms with van der Waals surface area (Å²) in [5.74, 6) is -0.425. The molecule has 0 unspecified atom stereocenters. The summed E-state index contributed by atoms with van der Waals surface area (Å²) in [4.78, 5) is 32.5. The predicted molar refractivity (Wildman–Crippen MR) is 106 cm³/mol. The van der Waals surface area contributed by atoms with Crippen molar-refractivity contribution >= 4 is 22.8 Å². The van der Waals surface area contributed by atoms with Crippen LogP contribution in [-0.4, -0.2) is 57.9 Å². The minimum Gasteiger partial charge on any atom is -0.481 e. The van der Waals surface area contributed by atoms with Crippen LogP contribution in [0.15, 0.2) is 30.5 Å². The second kappa shape index (κ2) is 6.62. The van der Waals surface area contributed by atoms with E-state index in [1.165, 1.54) is 10.9 Å². The molecular weight excluding hydrogens is 354 g/mol. The lowest BCUT2D eigenvalue weighted by molar-refractivity contribution is -0.149. The van der Waals surface area contributed by atoms with E-state index in [4.69, 9.17) is 0 Å². The van der Waals surface area contributed by atoms with Crippen molar-refractivity contribution in [3.63, 3.8) is 0 Å². The average molecular weight is 381 g/mol. The van der Waals surface area contributed by atoms with Gasteiger partial charge in [0.1, 0.15) is 5.41 Å². The maximum absolute atomic E-state index is 12.8. The van der Waals surface area contributed by atoms with Gasteiger partial charge in [0, 0.05) is 61.7 Å². The Hall–Kier alpha value is -2.34. The van der Waals surface area contributed by atoms with Gasteiger partial charge >= 0.3 is 5.97 Å². The second-order valence-corrected chi connectivity index (χ2v) is 8.88. The molecule has 1 aromatic heterocycles. The number of fused-ring (bicyclic) bond motifs is 2. The van der Waals surface area contributed by atoms with Crippen molar-refractivity contribution in [2.75, 3.05) is 26.2 Å². The van der Waals surface area contributed by atoms with E-state index in [2.05, 4.69) is 28.1 Å². The number of hydrogen-bond acceptors (Lipinski definition) is 3. The number of aromatic amines is 1. The molecule has 2 aliphatic heterocycles. The normalized spacial score (nSPS) is 28.3. The molecule has 148 valence electrons. The SMILES string of the molecule is O=C(C1CCCC1)N1C[C@@H]2CN(Cc3cccc4[nH]ccc34)C[C@]2(C(=O)O)C1. The van der Waals surface area contributed by atoms with Crippen molar-refractivity contribution in [2.24, 2.45) is 17.3 Å². The zero-order chi connectivity index (χ0) is 19.3. The lowest BCUT2D eigenvalue weighted by atomic mass is 9.81. The van der Waals surface area contributed by atoms with E-state index in [9.17, 15) is 14.7 Å². The molecule has 1 aliphatic carbocycles. The summed E-state index contributed by atoms with van der Waals surface area (Å²) >= 11 is 0. The van der Waals surface area contributed by atoms with Crippen LogP contribution in [0.25, 0.3) is 10.9 Å². The summed E-state index contributed by atoms with van der Waals surface area (Å²) in [5, 5.41) is 11.3. The summed E-state index contributed by atoms with van der Waals surface area (Å²) in [6.45, 7) is 2.96. The first-order valence-electron chi connectivity index (χ1n) is 10.4. The van der Waals surface area contributed by atoms with Crippen molar-refractivity contribution in [1.82, 2.24) is 14.8 Å². The van der Waals surface area contributed by atoms with Crippen molar-refractivity contribution < 1.29 is 14.7 Å². The molecule has 3 heterocycles. The van der Waals surface area contributed by atoms with Crippen LogP contribution in [0.2, 0.25) is 0 Å². The summed E-state index contributed by atoms with van der Waals surface area (Å²) in [7, 11) is 0. The van der Waals surface area contributed by atoms with Crippen LogP contribution in [0.5, 0.6) is 0 Å². The van der Waals surface area contributed by atoms with E-state index in [0.29, 0.717) is 19.6 Å². The van der Waals surface area contributed by atoms with Crippen molar-refractivity contribution in [3.8, 4) is 0 Å². The van der Waals surface area contributed by atoms with Gasteiger partial charge < -0.3 is 15.0 Å². The van der Waals surface area contributed by atoms with Crippen LogP contribution in [0.3, 0.4) is 0 Å². The lowest BCUT2D eigenvalue weighted by Crippen LogP contribution is -2.42. The molecule has 1 aromatic carbocycles. The summed E-state index contributed by atoms with van der Waals surface area (Å²) in [6.07, 6.45) is 6.12. The van der Waals surface area contributed by atoms with Gasteiger partial charge in [0.2, 0.25) is 5.91 Å². The van der Waals surface area contributed by atoms with Crippen LogP contribution in [-0.2, 0) is 16.1 Å². The number of carboxylic acids is 1. The highest BCUT2D eigenvalue weighted by Gasteiger charge is 2.58. The standard InChI is InChI=1S/C22H27N3O3/c26-20(15-4-1-2-5-15)25-12-17-11-24(13-22(17,14-25)21(27)28)10-16-6-3-7-19-18(16)8-9-23-19/h3,6-9,15,17,23H,1-2,4-5,10-14H2,(H,27,28)/t17-,22-/m0/s1. The number of hydrogen-bond donors (Lipinski definition) is 2. The highest BCUT2D eigenvalue weighted by molar-refractivity contribution is 5.84. The van der Waals surface area contributed by atoms with E-state index >= 15 is 0 Å². The molecule has 3 fully saturated rings. The van der Waals surface area contributed by atoms with Gasteiger partial charge in [-0.1, -0.05) is 25.0 Å². The van der Waals surface area contributed by atoms with Crippen LogP contribution >= 0.6 is 0 Å². The van der Waals surface area contributed by atoms with Crippen LogP contribution < -0.4 is 0 Å². The van der Waals surface area contributed by atoms with E-state index in [1.807, 2.05) is 17.2 Å². The number of carboxylic acid groups (broad SMARTS) is 1. The largest absolute Gasteiger partial charge is 0.481 e. The van der Waals surface area contributed by atoms with E-state index in [1.54, 1.807) is 0 Å². The third kappa shape index (κ3) is 2.73. The Morgan fingerprint density at radius 1 is 1.14 bits per heavy atom. The van der Waals surface area contributed by atoms with Crippen molar-refractivity contribution in [2.45, 2.75) is 32.2 Å². The zero-order valence-electron chi connectivity index (χ0n) is 16.1. The second-order valence-electron chi connectivity index (χ2n) is 8.88. The Balaban J connectivity index is 1.33.